The van der Waals surface area contributed by atoms with E-state index in [4.69, 9.17) is 0 Å². The Labute approximate surface area is 126 Å². The van der Waals surface area contributed by atoms with Crippen LogP contribution in [0.1, 0.15) is 38.2 Å². The van der Waals surface area contributed by atoms with E-state index in [1.54, 1.807) is 12.1 Å². The van der Waals surface area contributed by atoms with Gasteiger partial charge < -0.3 is 5.32 Å². The molecule has 4 rings (SSSR count). The highest BCUT2D eigenvalue weighted by molar-refractivity contribution is 5.18. The predicted octanol–water partition coefficient (Wildman–Crippen LogP) is 3.18. The number of nitrogens with one attached hydrogen (secondary N) is 1. The fraction of sp³-hybridized carbons (Fsp3) is 0.667. The number of hydrogen-bond donors (Lipinski definition) is 1. The molecule has 1 aromatic carbocycles. The van der Waals surface area contributed by atoms with Gasteiger partial charge in [0, 0.05) is 36.8 Å². The first-order valence-corrected chi connectivity index (χ1v) is 8.38. The van der Waals surface area contributed by atoms with Crippen LogP contribution in [0.15, 0.2) is 24.3 Å². The molecule has 1 N–H and O–H groups in total. The number of piperazine rings is 1. The highest BCUT2D eigenvalue weighted by Crippen LogP contribution is 2.44. The van der Waals surface area contributed by atoms with E-state index in [0.717, 1.165) is 37.0 Å². The Morgan fingerprint density at radius 3 is 2.67 bits per heavy atom. The molecule has 0 aromatic heterocycles. The van der Waals surface area contributed by atoms with Gasteiger partial charge in [0.25, 0.3) is 0 Å². The zero-order valence-corrected chi connectivity index (χ0v) is 12.8. The maximum Gasteiger partial charge on any atom is 0.127 e. The van der Waals surface area contributed by atoms with Crippen molar-refractivity contribution in [3.8, 4) is 0 Å². The Hall–Kier alpha value is -0.930. The van der Waals surface area contributed by atoms with Crippen molar-refractivity contribution < 1.29 is 4.39 Å². The molecule has 2 nitrogen and oxygen atoms in total. The van der Waals surface area contributed by atoms with E-state index < -0.39 is 0 Å². The highest BCUT2D eigenvalue weighted by atomic mass is 19.1. The third-order valence-electron chi connectivity index (χ3n) is 5.69. The van der Waals surface area contributed by atoms with Crippen LogP contribution in [0.2, 0.25) is 0 Å². The minimum absolute atomic E-state index is 0.0568. The van der Waals surface area contributed by atoms with Gasteiger partial charge in [0.2, 0.25) is 0 Å². The van der Waals surface area contributed by atoms with Crippen LogP contribution in [0, 0.1) is 17.7 Å². The summed E-state index contributed by atoms with van der Waals surface area (Å²) in [5, 5.41) is 3.82. The van der Waals surface area contributed by atoms with E-state index in [2.05, 4.69) is 17.1 Å². The van der Waals surface area contributed by atoms with Gasteiger partial charge in [-0.05, 0) is 50.5 Å². The molecule has 3 heteroatoms. The van der Waals surface area contributed by atoms with Crippen molar-refractivity contribution in [2.75, 3.05) is 13.1 Å². The van der Waals surface area contributed by atoms with E-state index in [1.165, 1.54) is 25.7 Å². The minimum atomic E-state index is -0.0568. The van der Waals surface area contributed by atoms with E-state index in [1.807, 2.05) is 12.1 Å². The largest absolute Gasteiger partial charge is 0.308 e. The predicted molar refractivity (Wildman–Crippen MR) is 82.5 cm³/mol. The Balaban J connectivity index is 1.54. The first-order valence-electron chi connectivity index (χ1n) is 8.38. The number of hydrogen-bond acceptors (Lipinski definition) is 2. The van der Waals surface area contributed by atoms with Gasteiger partial charge in [0.1, 0.15) is 5.82 Å². The topological polar surface area (TPSA) is 15.3 Å². The summed E-state index contributed by atoms with van der Waals surface area (Å²) < 4.78 is 14.0. The quantitative estimate of drug-likeness (QED) is 0.915. The van der Waals surface area contributed by atoms with Crippen molar-refractivity contribution in [3.05, 3.63) is 35.6 Å². The van der Waals surface area contributed by atoms with Crippen LogP contribution in [0.4, 0.5) is 4.39 Å². The van der Waals surface area contributed by atoms with Gasteiger partial charge in [-0.25, -0.2) is 4.39 Å². The van der Waals surface area contributed by atoms with Crippen molar-refractivity contribution >= 4 is 0 Å². The molecule has 1 heterocycles. The second kappa shape index (κ2) is 5.06. The van der Waals surface area contributed by atoms with Crippen LogP contribution in [-0.2, 0) is 6.54 Å². The number of halogens is 1. The summed E-state index contributed by atoms with van der Waals surface area (Å²) in [5.41, 5.74) is 1.08. The maximum absolute atomic E-state index is 14.0. The Morgan fingerprint density at radius 1 is 1.24 bits per heavy atom. The minimum Gasteiger partial charge on any atom is -0.308 e. The zero-order valence-electron chi connectivity index (χ0n) is 12.8. The molecule has 1 aliphatic heterocycles. The van der Waals surface area contributed by atoms with Crippen LogP contribution < -0.4 is 5.32 Å². The lowest BCUT2D eigenvalue weighted by molar-refractivity contribution is 0.0570. The molecule has 21 heavy (non-hydrogen) atoms. The summed E-state index contributed by atoms with van der Waals surface area (Å²) in [4.78, 5) is 2.56. The summed E-state index contributed by atoms with van der Waals surface area (Å²) in [5.74, 6) is 1.59. The second-order valence-electron chi connectivity index (χ2n) is 7.47. The third-order valence-corrected chi connectivity index (χ3v) is 5.69. The third kappa shape index (κ3) is 2.74. The lowest BCUT2D eigenvalue weighted by Gasteiger charge is -2.47. The van der Waals surface area contributed by atoms with Crippen molar-refractivity contribution in [1.29, 1.82) is 0 Å². The first kappa shape index (κ1) is 13.7. The molecule has 2 atom stereocenters. The molecule has 114 valence electrons. The van der Waals surface area contributed by atoms with Gasteiger partial charge in [-0.1, -0.05) is 18.2 Å². The van der Waals surface area contributed by atoms with Crippen molar-refractivity contribution in [2.45, 2.75) is 50.7 Å². The zero-order chi connectivity index (χ0) is 14.4. The van der Waals surface area contributed by atoms with Crippen LogP contribution in [0.3, 0.4) is 0 Å². The molecular formula is C18H25FN2. The molecule has 3 aliphatic rings. The van der Waals surface area contributed by atoms with Gasteiger partial charge >= 0.3 is 0 Å². The van der Waals surface area contributed by atoms with Crippen molar-refractivity contribution in [3.63, 3.8) is 0 Å². The van der Waals surface area contributed by atoms with Gasteiger partial charge in [-0.3, -0.25) is 4.90 Å². The molecule has 1 saturated heterocycles. The monoisotopic (exact) mass is 288 g/mol. The van der Waals surface area contributed by atoms with Gasteiger partial charge in [0.05, 0.1) is 0 Å². The Bertz CT molecular complexity index is 524. The average Bonchev–Trinajstić information content (AvgIpc) is 3.34. The summed E-state index contributed by atoms with van der Waals surface area (Å²) >= 11 is 0. The van der Waals surface area contributed by atoms with Crippen LogP contribution in [0.5, 0.6) is 0 Å². The summed E-state index contributed by atoms with van der Waals surface area (Å²) in [6, 6.07) is 7.85. The highest BCUT2D eigenvalue weighted by Gasteiger charge is 2.48. The lowest BCUT2D eigenvalue weighted by atomic mass is 9.89. The van der Waals surface area contributed by atoms with Crippen LogP contribution >= 0.6 is 0 Å². The number of nitrogens with zero attached hydrogens (tertiary/aromatic N) is 1. The molecule has 0 amide bonds. The molecule has 1 aromatic rings. The molecular weight excluding hydrogens is 263 g/mol. The van der Waals surface area contributed by atoms with E-state index in [-0.39, 0.29) is 11.4 Å². The van der Waals surface area contributed by atoms with Crippen LogP contribution in [0.25, 0.3) is 0 Å². The van der Waals surface area contributed by atoms with Gasteiger partial charge in [0.15, 0.2) is 0 Å². The molecule has 2 unspecified atom stereocenters. The summed E-state index contributed by atoms with van der Waals surface area (Å²) in [6.45, 7) is 5.26. The van der Waals surface area contributed by atoms with Gasteiger partial charge in [-0.15, -0.1) is 0 Å². The van der Waals surface area contributed by atoms with E-state index in [9.17, 15) is 4.39 Å². The van der Waals surface area contributed by atoms with E-state index in [0.29, 0.717) is 6.04 Å². The maximum atomic E-state index is 14.0. The fourth-order valence-corrected chi connectivity index (χ4v) is 4.02. The summed E-state index contributed by atoms with van der Waals surface area (Å²) in [7, 11) is 0. The normalized spacial score (nSPS) is 34.1. The molecule has 0 spiro atoms. The Kier molecular flexibility index (Phi) is 3.31. The lowest BCUT2D eigenvalue weighted by Crippen LogP contribution is -2.64. The molecule has 0 bridgehead atoms. The molecule has 3 fully saturated rings. The number of rotatable bonds is 4. The fourth-order valence-electron chi connectivity index (χ4n) is 4.02. The van der Waals surface area contributed by atoms with E-state index >= 15 is 0 Å². The second-order valence-corrected chi connectivity index (χ2v) is 7.47. The molecule has 0 radical (unpaired) electrons. The standard InChI is InChI=1S/C18H25FN2/c1-18(15-8-9-15)12-21(17(10-20-18)13-6-7-13)11-14-4-2-3-5-16(14)19/h2-5,13,15,17,20H,6-12H2,1H3. The van der Waals surface area contributed by atoms with Crippen LogP contribution in [-0.4, -0.2) is 29.6 Å². The number of benzene rings is 1. The van der Waals surface area contributed by atoms with Gasteiger partial charge in [-0.2, -0.15) is 0 Å². The Morgan fingerprint density at radius 2 is 2.00 bits per heavy atom. The molecule has 2 aliphatic carbocycles. The molecule has 2 saturated carbocycles. The smallest absolute Gasteiger partial charge is 0.127 e. The first-order chi connectivity index (χ1) is 10.2. The van der Waals surface area contributed by atoms with Crippen molar-refractivity contribution in [1.82, 2.24) is 10.2 Å². The summed E-state index contributed by atoms with van der Waals surface area (Å²) in [6.07, 6.45) is 5.40. The SMILES string of the molecule is CC1(C2CC2)CN(Cc2ccccc2F)C(C2CC2)CN1. The average molecular weight is 288 g/mol. The van der Waals surface area contributed by atoms with Crippen molar-refractivity contribution in [2.24, 2.45) is 11.8 Å².